The van der Waals surface area contributed by atoms with Crippen LogP contribution in [0.1, 0.15) is 24.4 Å². The molecule has 0 aliphatic rings. The van der Waals surface area contributed by atoms with Crippen molar-refractivity contribution >= 4 is 0 Å². The van der Waals surface area contributed by atoms with Crippen molar-refractivity contribution < 1.29 is 18.3 Å². The van der Waals surface area contributed by atoms with Crippen LogP contribution in [0.4, 0.5) is 8.78 Å². The Morgan fingerprint density at radius 1 is 1.11 bits per heavy atom. The first-order chi connectivity index (χ1) is 17.3. The number of halogens is 2. The third-order valence-electron chi connectivity index (χ3n) is 6.08. The highest BCUT2D eigenvalue weighted by atomic mass is 19.1. The van der Waals surface area contributed by atoms with Crippen LogP contribution in [0.3, 0.4) is 0 Å². The molecule has 2 unspecified atom stereocenters. The molecule has 0 saturated heterocycles. The molecule has 10 nitrogen and oxygen atoms in total. The van der Waals surface area contributed by atoms with Gasteiger partial charge in [0.25, 0.3) is 0 Å². The third kappa shape index (κ3) is 4.11. The third-order valence-corrected chi connectivity index (χ3v) is 6.08. The van der Waals surface area contributed by atoms with Crippen LogP contribution in [-0.2, 0) is 12.1 Å². The zero-order valence-electron chi connectivity index (χ0n) is 19.3. The van der Waals surface area contributed by atoms with Gasteiger partial charge in [0, 0.05) is 24.1 Å². The SMILES string of the molecule is Cc1nc(-c2ccc(-n3cnn(C(C)C(O)(Cn4cncn4)c4ccc(F)cc4F)c3=O)cc2)co1. The minimum atomic E-state index is -2.02. The van der Waals surface area contributed by atoms with Crippen LogP contribution in [-0.4, -0.2) is 39.2 Å². The normalized spacial score (nSPS) is 14.0. The molecule has 0 saturated carbocycles. The molecule has 0 bridgehead atoms. The van der Waals surface area contributed by atoms with E-state index in [9.17, 15) is 18.7 Å². The van der Waals surface area contributed by atoms with Gasteiger partial charge >= 0.3 is 5.69 Å². The Kier molecular flexibility index (Phi) is 5.80. The Bertz CT molecular complexity index is 1560. The molecule has 3 heterocycles. The van der Waals surface area contributed by atoms with Crippen molar-refractivity contribution in [3.63, 3.8) is 0 Å². The first kappa shape index (κ1) is 23.3. The monoisotopic (exact) mass is 493 g/mol. The maximum absolute atomic E-state index is 14.8. The van der Waals surface area contributed by atoms with Crippen LogP contribution in [0.25, 0.3) is 16.9 Å². The topological polar surface area (TPSA) is 117 Å². The highest BCUT2D eigenvalue weighted by molar-refractivity contribution is 5.59. The average molecular weight is 493 g/mol. The molecule has 5 aromatic rings. The number of hydrogen-bond donors (Lipinski definition) is 1. The van der Waals surface area contributed by atoms with E-state index in [-0.39, 0.29) is 12.1 Å². The Balaban J connectivity index is 1.52. The molecule has 0 aliphatic heterocycles. The molecule has 5 rings (SSSR count). The predicted molar refractivity (Wildman–Crippen MR) is 123 cm³/mol. The van der Waals surface area contributed by atoms with E-state index in [4.69, 9.17) is 4.42 Å². The van der Waals surface area contributed by atoms with Crippen LogP contribution in [0.2, 0.25) is 0 Å². The minimum absolute atomic E-state index is 0.208. The van der Waals surface area contributed by atoms with Gasteiger partial charge < -0.3 is 9.52 Å². The fourth-order valence-corrected chi connectivity index (χ4v) is 4.09. The summed E-state index contributed by atoms with van der Waals surface area (Å²) in [7, 11) is 0. The minimum Gasteiger partial charge on any atom is -0.449 e. The summed E-state index contributed by atoms with van der Waals surface area (Å²) in [4.78, 5) is 21.5. The zero-order valence-corrected chi connectivity index (χ0v) is 19.3. The van der Waals surface area contributed by atoms with Gasteiger partial charge in [-0.3, -0.25) is 0 Å². The van der Waals surface area contributed by atoms with Crippen molar-refractivity contribution in [3.05, 3.63) is 101 Å². The van der Waals surface area contributed by atoms with Crippen LogP contribution in [0, 0.1) is 18.6 Å². The number of benzene rings is 2. The van der Waals surface area contributed by atoms with Crippen LogP contribution < -0.4 is 5.69 Å². The van der Waals surface area contributed by atoms with E-state index in [1.54, 1.807) is 37.5 Å². The van der Waals surface area contributed by atoms with Crippen molar-refractivity contribution in [2.45, 2.75) is 32.0 Å². The number of oxazole rings is 1. The second-order valence-corrected chi connectivity index (χ2v) is 8.34. The molecular formula is C24H21F2N7O3. The molecule has 12 heteroatoms. The van der Waals surface area contributed by atoms with Crippen LogP contribution >= 0.6 is 0 Å². The lowest BCUT2D eigenvalue weighted by molar-refractivity contribution is -0.0381. The van der Waals surface area contributed by atoms with Crippen molar-refractivity contribution in [3.8, 4) is 16.9 Å². The molecule has 0 fully saturated rings. The number of aliphatic hydroxyl groups is 1. The van der Waals surface area contributed by atoms with E-state index >= 15 is 0 Å². The molecule has 0 amide bonds. The summed E-state index contributed by atoms with van der Waals surface area (Å²) in [5.74, 6) is -1.22. The van der Waals surface area contributed by atoms with Gasteiger partial charge in [-0.25, -0.2) is 37.5 Å². The van der Waals surface area contributed by atoms with Gasteiger partial charge in [-0.05, 0) is 25.1 Å². The van der Waals surface area contributed by atoms with Crippen molar-refractivity contribution in [1.29, 1.82) is 0 Å². The second-order valence-electron chi connectivity index (χ2n) is 8.34. The van der Waals surface area contributed by atoms with Gasteiger partial charge in [0.2, 0.25) is 0 Å². The Labute approximate surface area is 203 Å². The first-order valence-electron chi connectivity index (χ1n) is 11.0. The molecule has 3 aromatic heterocycles. The van der Waals surface area contributed by atoms with Gasteiger partial charge in [-0.2, -0.15) is 10.2 Å². The van der Waals surface area contributed by atoms with E-state index < -0.39 is 29.0 Å². The first-order valence-corrected chi connectivity index (χ1v) is 11.0. The molecule has 184 valence electrons. The molecule has 0 aliphatic carbocycles. The predicted octanol–water partition coefficient (Wildman–Crippen LogP) is 3.02. The number of rotatable bonds is 7. The molecule has 0 spiro atoms. The number of hydrogen-bond acceptors (Lipinski definition) is 7. The maximum Gasteiger partial charge on any atom is 0.350 e. The summed E-state index contributed by atoms with van der Waals surface area (Å²) in [6, 6.07) is 8.79. The van der Waals surface area contributed by atoms with Gasteiger partial charge in [0.15, 0.2) is 5.89 Å². The fourth-order valence-electron chi connectivity index (χ4n) is 4.09. The lowest BCUT2D eigenvalue weighted by Gasteiger charge is -2.34. The second kappa shape index (κ2) is 8.96. The molecule has 2 aromatic carbocycles. The van der Waals surface area contributed by atoms with Gasteiger partial charge in [-0.15, -0.1) is 0 Å². The highest BCUT2D eigenvalue weighted by Gasteiger charge is 2.41. The van der Waals surface area contributed by atoms with Crippen LogP contribution in [0.15, 0.2) is 76.9 Å². The van der Waals surface area contributed by atoms with E-state index in [2.05, 4.69) is 20.2 Å². The summed E-state index contributed by atoms with van der Waals surface area (Å²) >= 11 is 0. The zero-order chi connectivity index (χ0) is 25.4. The quantitative estimate of drug-likeness (QED) is 0.370. The lowest BCUT2D eigenvalue weighted by Crippen LogP contribution is -2.44. The van der Waals surface area contributed by atoms with Crippen LogP contribution in [0.5, 0.6) is 0 Å². The number of nitrogens with zero attached hydrogens (tertiary/aromatic N) is 7. The maximum atomic E-state index is 14.8. The number of aryl methyl sites for hydroxylation is 1. The summed E-state index contributed by atoms with van der Waals surface area (Å²) in [5, 5.41) is 19.9. The molecule has 0 radical (unpaired) electrons. The van der Waals surface area contributed by atoms with Gasteiger partial charge in [0.05, 0.1) is 18.3 Å². The lowest BCUT2D eigenvalue weighted by atomic mass is 9.86. The molecule has 2 atom stereocenters. The van der Waals surface area contributed by atoms with Crippen molar-refractivity contribution in [1.82, 2.24) is 34.1 Å². The Hall–Kier alpha value is -4.45. The van der Waals surface area contributed by atoms with Gasteiger partial charge in [0.1, 0.15) is 48.2 Å². The smallest absolute Gasteiger partial charge is 0.350 e. The summed E-state index contributed by atoms with van der Waals surface area (Å²) in [6.07, 6.45) is 5.46. The van der Waals surface area contributed by atoms with E-state index in [0.29, 0.717) is 23.3 Å². The largest absolute Gasteiger partial charge is 0.449 e. The standard InChI is InChI=1S/C24H21F2N7O3/c1-15(24(35,11-31-13-27-12-28-31)20-8-5-18(25)9-21(20)26)33-23(34)32(14-29-33)19-6-3-17(4-7-19)22-10-36-16(2)30-22/h3-10,12-15,35H,11H2,1-2H3. The Morgan fingerprint density at radius 3 is 2.53 bits per heavy atom. The van der Waals surface area contributed by atoms with E-state index in [1.807, 2.05) is 0 Å². The summed E-state index contributed by atoms with van der Waals surface area (Å²) in [6.45, 7) is 3.01. The van der Waals surface area contributed by atoms with E-state index in [0.717, 1.165) is 22.4 Å². The molecular weight excluding hydrogens is 472 g/mol. The van der Waals surface area contributed by atoms with Crippen molar-refractivity contribution in [2.75, 3.05) is 0 Å². The average Bonchev–Trinajstić information content (AvgIpc) is 3.60. The van der Waals surface area contributed by atoms with E-state index in [1.165, 1.54) is 35.2 Å². The number of aromatic nitrogens is 7. The van der Waals surface area contributed by atoms with Gasteiger partial charge in [-0.1, -0.05) is 18.2 Å². The molecule has 36 heavy (non-hydrogen) atoms. The Morgan fingerprint density at radius 2 is 1.89 bits per heavy atom. The summed E-state index contributed by atoms with van der Waals surface area (Å²) in [5.41, 5.74) is -0.806. The molecule has 1 N–H and O–H groups in total. The van der Waals surface area contributed by atoms with Crippen molar-refractivity contribution in [2.24, 2.45) is 0 Å². The fraction of sp³-hybridized carbons (Fsp3) is 0.208. The summed E-state index contributed by atoms with van der Waals surface area (Å²) < 4.78 is 37.3. The highest BCUT2D eigenvalue weighted by Crippen LogP contribution is 2.35.